The lowest BCUT2D eigenvalue weighted by Gasteiger charge is -2.11. The molecule has 3 rings (SSSR count). The minimum atomic E-state index is -0.284. The van der Waals surface area contributed by atoms with E-state index in [0.29, 0.717) is 6.61 Å². The van der Waals surface area contributed by atoms with Crippen molar-refractivity contribution < 1.29 is 9.53 Å². The van der Waals surface area contributed by atoms with Crippen LogP contribution in [0, 0.1) is 0 Å². The number of thiophene rings is 1. The first-order valence-corrected chi connectivity index (χ1v) is 10.3. The molecule has 1 aromatic carbocycles. The maximum Gasteiger partial charge on any atom is 0.330 e. The molecule has 1 aromatic heterocycles. The summed E-state index contributed by atoms with van der Waals surface area (Å²) in [6.45, 7) is 3.25. The molecular weight excluding hydrogens is 390 g/mol. The minimum Gasteiger partial charge on any atom is -0.463 e. The molecule has 0 unspecified atom stereocenters. The Bertz CT molecular complexity index is 867. The molecule has 0 bridgehead atoms. The summed E-state index contributed by atoms with van der Waals surface area (Å²) in [6.07, 6.45) is 8.87. The van der Waals surface area contributed by atoms with Crippen molar-refractivity contribution in [2.75, 3.05) is 27.2 Å². The molecule has 2 aromatic rings. The second-order valence-corrected chi connectivity index (χ2v) is 8.11. The number of benzene rings is 1. The van der Waals surface area contributed by atoms with E-state index in [1.165, 1.54) is 33.2 Å². The maximum atomic E-state index is 11.6. The molecule has 3 nitrogen and oxygen atoms in total. The highest BCUT2D eigenvalue weighted by atomic mass is 35.5. The van der Waals surface area contributed by atoms with Gasteiger partial charge in [-0.2, -0.15) is 0 Å². The van der Waals surface area contributed by atoms with E-state index in [1.54, 1.807) is 11.3 Å². The van der Waals surface area contributed by atoms with Crippen LogP contribution in [-0.2, 0) is 22.4 Å². The zero-order valence-corrected chi connectivity index (χ0v) is 18.4. The minimum absolute atomic E-state index is 0. The van der Waals surface area contributed by atoms with E-state index < -0.39 is 0 Å². The number of aryl methyl sites for hydroxylation is 2. The first kappa shape index (κ1) is 22.4. The fraction of sp³-hybridized carbons (Fsp3) is 0.348. The Morgan fingerprint density at radius 2 is 2.00 bits per heavy atom. The van der Waals surface area contributed by atoms with Crippen LogP contribution in [0.5, 0.6) is 0 Å². The van der Waals surface area contributed by atoms with Gasteiger partial charge in [0.2, 0.25) is 0 Å². The predicted molar refractivity (Wildman–Crippen MR) is 121 cm³/mol. The van der Waals surface area contributed by atoms with E-state index in [9.17, 15) is 4.79 Å². The van der Waals surface area contributed by atoms with Crippen molar-refractivity contribution in [3.63, 3.8) is 0 Å². The monoisotopic (exact) mass is 417 g/mol. The zero-order chi connectivity index (χ0) is 19.2. The molecule has 1 aliphatic carbocycles. The average Bonchev–Trinajstić information content (AvgIpc) is 2.99. The van der Waals surface area contributed by atoms with E-state index in [1.807, 2.05) is 13.0 Å². The van der Waals surface area contributed by atoms with Crippen molar-refractivity contribution in [2.45, 2.75) is 26.2 Å². The van der Waals surface area contributed by atoms with Gasteiger partial charge >= 0.3 is 5.97 Å². The highest BCUT2D eigenvalue weighted by Gasteiger charge is 2.20. The first-order chi connectivity index (χ1) is 13.1. The third-order valence-electron chi connectivity index (χ3n) is 4.64. The average molecular weight is 418 g/mol. The molecule has 1 heterocycles. The van der Waals surface area contributed by atoms with Crippen LogP contribution in [0.4, 0.5) is 0 Å². The Hall–Kier alpha value is -1.88. The van der Waals surface area contributed by atoms with Crippen LogP contribution in [0.2, 0.25) is 0 Å². The normalized spacial score (nSPS) is 14.5. The third-order valence-corrected chi connectivity index (χ3v) is 5.80. The van der Waals surface area contributed by atoms with Gasteiger partial charge in [0.1, 0.15) is 0 Å². The highest BCUT2D eigenvalue weighted by molar-refractivity contribution is 7.13. The molecule has 0 N–H and O–H groups in total. The Labute approximate surface area is 178 Å². The van der Waals surface area contributed by atoms with Crippen molar-refractivity contribution in [3.8, 4) is 0 Å². The summed E-state index contributed by atoms with van der Waals surface area (Å²) < 4.78 is 4.99. The quantitative estimate of drug-likeness (QED) is 0.476. The fourth-order valence-corrected chi connectivity index (χ4v) is 4.45. The summed E-state index contributed by atoms with van der Waals surface area (Å²) in [5.41, 5.74) is 5.40. The number of carbonyl (C=O) groups excluding carboxylic acids is 1. The molecule has 28 heavy (non-hydrogen) atoms. The van der Waals surface area contributed by atoms with Gasteiger partial charge in [-0.25, -0.2) is 4.79 Å². The topological polar surface area (TPSA) is 29.5 Å². The Morgan fingerprint density at radius 3 is 2.75 bits per heavy atom. The van der Waals surface area contributed by atoms with Crippen molar-refractivity contribution in [3.05, 3.63) is 68.9 Å². The maximum absolute atomic E-state index is 11.6. The zero-order valence-electron chi connectivity index (χ0n) is 16.7. The van der Waals surface area contributed by atoms with Gasteiger partial charge in [-0.15, -0.1) is 23.7 Å². The molecule has 1 aliphatic rings. The Balaban J connectivity index is 0.00000280. The lowest BCUT2D eigenvalue weighted by molar-refractivity contribution is -0.137. The number of nitrogens with zero attached hydrogens (tertiary/aromatic N) is 1. The molecule has 0 fully saturated rings. The Kier molecular flexibility index (Phi) is 8.49. The van der Waals surface area contributed by atoms with E-state index in [2.05, 4.69) is 55.4 Å². The van der Waals surface area contributed by atoms with Crippen molar-refractivity contribution >= 4 is 41.4 Å². The SMILES string of the molecule is CCOC(=O)/C=C/c1cc2c(s1)CCc1ccccc1/C2=C/CCN(C)C.Cl. The van der Waals surface area contributed by atoms with Crippen LogP contribution in [-0.4, -0.2) is 38.1 Å². The molecule has 0 saturated heterocycles. The van der Waals surface area contributed by atoms with Gasteiger partial charge in [0.25, 0.3) is 0 Å². The molecular formula is C23H28ClNO2S. The lowest BCUT2D eigenvalue weighted by atomic mass is 9.95. The summed E-state index contributed by atoms with van der Waals surface area (Å²) in [6, 6.07) is 10.9. The smallest absolute Gasteiger partial charge is 0.330 e. The van der Waals surface area contributed by atoms with Gasteiger partial charge in [-0.05, 0) is 74.7 Å². The molecule has 0 radical (unpaired) electrons. The number of hydrogen-bond donors (Lipinski definition) is 0. The number of ether oxygens (including phenoxy) is 1. The largest absolute Gasteiger partial charge is 0.463 e. The van der Waals surface area contributed by atoms with Crippen molar-refractivity contribution in [1.29, 1.82) is 0 Å². The fourth-order valence-electron chi connectivity index (χ4n) is 3.37. The van der Waals surface area contributed by atoms with Crippen LogP contribution in [0.3, 0.4) is 0 Å². The lowest BCUT2D eigenvalue weighted by Crippen LogP contribution is -2.12. The van der Waals surface area contributed by atoms with Crippen molar-refractivity contribution in [2.24, 2.45) is 0 Å². The summed E-state index contributed by atoms with van der Waals surface area (Å²) in [5.74, 6) is -0.284. The van der Waals surface area contributed by atoms with E-state index in [4.69, 9.17) is 4.74 Å². The number of halogens is 1. The number of esters is 1. The second-order valence-electron chi connectivity index (χ2n) is 6.94. The van der Waals surface area contributed by atoms with Gasteiger partial charge in [0.15, 0.2) is 0 Å². The molecule has 0 aliphatic heterocycles. The van der Waals surface area contributed by atoms with Crippen molar-refractivity contribution in [1.82, 2.24) is 4.90 Å². The molecule has 0 amide bonds. The third kappa shape index (κ3) is 5.57. The standard InChI is InChI=1S/C23H27NO2S.ClH/c1-4-26-23(25)14-12-18-16-21-20(10-7-15-24(2)3)19-9-6-5-8-17(19)11-13-22(21)27-18;/h5-6,8-10,12,14,16H,4,7,11,13,15H2,1-3H3;1H/b14-12+,20-10-;. The van der Waals surface area contributed by atoms with Gasteiger partial charge in [-0.1, -0.05) is 30.3 Å². The van der Waals surface area contributed by atoms with Gasteiger partial charge in [0, 0.05) is 22.4 Å². The number of fused-ring (bicyclic) bond motifs is 2. The van der Waals surface area contributed by atoms with Gasteiger partial charge in [0.05, 0.1) is 6.61 Å². The number of carbonyl (C=O) groups is 1. The Morgan fingerprint density at radius 1 is 1.21 bits per heavy atom. The molecule has 5 heteroatoms. The number of hydrogen-bond acceptors (Lipinski definition) is 4. The van der Waals surface area contributed by atoms with E-state index in [-0.39, 0.29) is 18.4 Å². The first-order valence-electron chi connectivity index (χ1n) is 9.49. The van der Waals surface area contributed by atoms with Crippen LogP contribution < -0.4 is 0 Å². The molecule has 0 atom stereocenters. The van der Waals surface area contributed by atoms with Crippen LogP contribution in [0.15, 0.2) is 42.5 Å². The van der Waals surface area contributed by atoms with Crippen LogP contribution in [0.1, 0.15) is 39.8 Å². The highest BCUT2D eigenvalue weighted by Crippen LogP contribution is 2.38. The van der Waals surface area contributed by atoms with Crippen LogP contribution in [0.25, 0.3) is 11.6 Å². The van der Waals surface area contributed by atoms with Gasteiger partial charge in [-0.3, -0.25) is 0 Å². The second kappa shape index (κ2) is 10.6. The molecule has 0 saturated carbocycles. The predicted octanol–water partition coefficient (Wildman–Crippen LogP) is 5.23. The summed E-state index contributed by atoms with van der Waals surface area (Å²) >= 11 is 1.78. The van der Waals surface area contributed by atoms with Gasteiger partial charge < -0.3 is 9.64 Å². The summed E-state index contributed by atoms with van der Waals surface area (Å²) in [7, 11) is 4.21. The molecule has 0 spiro atoms. The van der Waals surface area contributed by atoms with Crippen LogP contribution >= 0.6 is 23.7 Å². The summed E-state index contributed by atoms with van der Waals surface area (Å²) in [5, 5.41) is 0. The number of rotatable bonds is 6. The molecule has 150 valence electrons. The van der Waals surface area contributed by atoms with E-state index >= 15 is 0 Å². The van der Waals surface area contributed by atoms with E-state index in [0.717, 1.165) is 30.7 Å². The summed E-state index contributed by atoms with van der Waals surface area (Å²) in [4.78, 5) is 16.3.